The third-order valence-corrected chi connectivity index (χ3v) is 4.47. The number of nitrogens with zero attached hydrogens (tertiary/aromatic N) is 2. The zero-order valence-electron chi connectivity index (χ0n) is 11.9. The number of aromatic nitrogens is 1. The summed E-state index contributed by atoms with van der Waals surface area (Å²) in [6.07, 6.45) is 4.60. The lowest BCUT2D eigenvalue weighted by atomic mass is 9.78. The summed E-state index contributed by atoms with van der Waals surface area (Å²) in [5.41, 5.74) is 1.17. The van der Waals surface area contributed by atoms with Gasteiger partial charge in [-0.15, -0.1) is 0 Å². The van der Waals surface area contributed by atoms with Gasteiger partial charge in [-0.1, -0.05) is 6.07 Å². The predicted molar refractivity (Wildman–Crippen MR) is 75.4 cm³/mol. The van der Waals surface area contributed by atoms with E-state index >= 15 is 0 Å². The second kappa shape index (κ2) is 5.40. The Balaban J connectivity index is 1.73. The topological polar surface area (TPSA) is 54.5 Å². The van der Waals surface area contributed by atoms with Gasteiger partial charge in [-0.2, -0.15) is 0 Å². The summed E-state index contributed by atoms with van der Waals surface area (Å²) >= 11 is 0. The molecule has 3 heterocycles. The lowest BCUT2D eigenvalue weighted by Gasteiger charge is -2.33. The van der Waals surface area contributed by atoms with Crippen molar-refractivity contribution in [2.45, 2.75) is 25.8 Å². The van der Waals surface area contributed by atoms with E-state index < -0.39 is 0 Å². The molecule has 5 nitrogen and oxygen atoms in total. The van der Waals surface area contributed by atoms with Crippen LogP contribution in [0.4, 0.5) is 0 Å². The fraction of sp³-hybridized carbons (Fsp3) is 0.600. The maximum absolute atomic E-state index is 12.3. The minimum absolute atomic E-state index is 0.192. The van der Waals surface area contributed by atoms with Gasteiger partial charge in [0.25, 0.3) is 0 Å². The number of rotatable bonds is 3. The minimum Gasteiger partial charge on any atom is -0.481 e. The van der Waals surface area contributed by atoms with E-state index in [0.717, 1.165) is 38.0 Å². The van der Waals surface area contributed by atoms with Gasteiger partial charge >= 0.3 is 0 Å². The van der Waals surface area contributed by atoms with Crippen molar-refractivity contribution in [2.75, 3.05) is 26.7 Å². The van der Waals surface area contributed by atoms with Gasteiger partial charge in [0.05, 0.1) is 13.7 Å². The monoisotopic (exact) mass is 275 g/mol. The highest BCUT2D eigenvalue weighted by molar-refractivity contribution is 5.79. The van der Waals surface area contributed by atoms with Gasteiger partial charge in [-0.3, -0.25) is 4.79 Å². The highest BCUT2D eigenvalue weighted by Crippen LogP contribution is 2.40. The van der Waals surface area contributed by atoms with Crippen molar-refractivity contribution >= 4 is 5.91 Å². The van der Waals surface area contributed by atoms with Gasteiger partial charge < -0.3 is 15.0 Å². The summed E-state index contributed by atoms with van der Waals surface area (Å²) in [6, 6.07) is 3.87. The van der Waals surface area contributed by atoms with Gasteiger partial charge in [0, 0.05) is 24.7 Å². The predicted octanol–water partition coefficient (Wildman–Crippen LogP) is 1.19. The molecule has 0 bridgehead atoms. The van der Waals surface area contributed by atoms with Crippen LogP contribution < -0.4 is 10.1 Å². The number of hydrogen-bond donors (Lipinski definition) is 1. The van der Waals surface area contributed by atoms with Gasteiger partial charge in [-0.05, 0) is 37.4 Å². The molecule has 2 aliphatic rings. The van der Waals surface area contributed by atoms with E-state index in [1.807, 2.05) is 17.0 Å². The van der Waals surface area contributed by atoms with E-state index in [1.165, 1.54) is 0 Å². The van der Waals surface area contributed by atoms with Crippen LogP contribution in [0, 0.1) is 5.41 Å². The van der Waals surface area contributed by atoms with Crippen molar-refractivity contribution in [1.82, 2.24) is 15.2 Å². The Morgan fingerprint density at radius 2 is 2.25 bits per heavy atom. The van der Waals surface area contributed by atoms with Gasteiger partial charge in [0.1, 0.15) is 0 Å². The maximum Gasteiger partial charge on any atom is 0.223 e. The van der Waals surface area contributed by atoms with Crippen LogP contribution in [0.1, 0.15) is 24.8 Å². The largest absolute Gasteiger partial charge is 0.481 e. The molecular formula is C15H21N3O2. The Kier molecular flexibility index (Phi) is 3.61. The van der Waals surface area contributed by atoms with Crippen molar-refractivity contribution in [1.29, 1.82) is 0 Å². The first-order chi connectivity index (χ1) is 9.72. The van der Waals surface area contributed by atoms with Gasteiger partial charge in [0.15, 0.2) is 0 Å². The summed E-state index contributed by atoms with van der Waals surface area (Å²) < 4.78 is 5.27. The molecule has 0 unspecified atom stereocenters. The number of ether oxygens (including phenoxy) is 1. The average Bonchev–Trinajstić information content (AvgIpc) is 2.76. The normalized spacial score (nSPS) is 21.4. The van der Waals surface area contributed by atoms with E-state index in [0.29, 0.717) is 18.8 Å². The lowest BCUT2D eigenvalue weighted by Crippen LogP contribution is -2.38. The summed E-state index contributed by atoms with van der Waals surface area (Å²) in [4.78, 5) is 18.5. The molecule has 1 aromatic rings. The quantitative estimate of drug-likeness (QED) is 0.900. The molecule has 5 heteroatoms. The molecule has 3 rings (SSSR count). The number of likely N-dealkylation sites (tertiary alicyclic amines) is 1. The third kappa shape index (κ3) is 2.50. The van der Waals surface area contributed by atoms with Crippen molar-refractivity contribution in [3.63, 3.8) is 0 Å². The molecule has 1 N–H and O–H groups in total. The van der Waals surface area contributed by atoms with Crippen LogP contribution in [0.15, 0.2) is 18.3 Å². The molecule has 108 valence electrons. The van der Waals surface area contributed by atoms with Crippen LogP contribution in [0.3, 0.4) is 0 Å². The molecule has 1 aromatic heterocycles. The number of hydrogen-bond acceptors (Lipinski definition) is 4. The van der Waals surface area contributed by atoms with E-state index in [4.69, 9.17) is 4.74 Å². The first-order valence-electron chi connectivity index (χ1n) is 7.19. The maximum atomic E-state index is 12.3. The van der Waals surface area contributed by atoms with Crippen LogP contribution in [0.2, 0.25) is 0 Å². The summed E-state index contributed by atoms with van der Waals surface area (Å²) in [5.74, 6) is 0.879. The molecule has 0 saturated carbocycles. The zero-order chi connectivity index (χ0) is 14.0. The first-order valence-corrected chi connectivity index (χ1v) is 7.19. The number of piperidine rings is 1. The fourth-order valence-electron chi connectivity index (χ4n) is 3.35. The summed E-state index contributed by atoms with van der Waals surface area (Å²) in [5, 5.41) is 3.37. The Bertz CT molecular complexity index is 498. The number of methoxy groups -OCH3 is 1. The molecule has 0 atom stereocenters. The number of carbonyl (C=O) groups is 1. The molecule has 2 fully saturated rings. The highest BCUT2D eigenvalue weighted by Gasteiger charge is 2.43. The molecule has 0 aliphatic carbocycles. The van der Waals surface area contributed by atoms with Crippen molar-refractivity contribution in [3.05, 3.63) is 23.9 Å². The number of nitrogens with one attached hydrogen (secondary N) is 1. The first kappa shape index (κ1) is 13.4. The summed E-state index contributed by atoms with van der Waals surface area (Å²) in [6.45, 7) is 3.52. The second-order valence-corrected chi connectivity index (χ2v) is 5.85. The number of amides is 1. The van der Waals surface area contributed by atoms with Gasteiger partial charge in [0.2, 0.25) is 11.8 Å². The van der Waals surface area contributed by atoms with Crippen molar-refractivity contribution in [3.8, 4) is 5.88 Å². The van der Waals surface area contributed by atoms with Crippen LogP contribution in [0.25, 0.3) is 0 Å². The van der Waals surface area contributed by atoms with Crippen molar-refractivity contribution < 1.29 is 9.53 Å². The van der Waals surface area contributed by atoms with E-state index in [-0.39, 0.29) is 11.3 Å². The lowest BCUT2D eigenvalue weighted by molar-refractivity contribution is -0.128. The van der Waals surface area contributed by atoms with Gasteiger partial charge in [-0.25, -0.2) is 4.98 Å². The second-order valence-electron chi connectivity index (χ2n) is 5.85. The van der Waals surface area contributed by atoms with E-state index in [9.17, 15) is 4.79 Å². The standard InChI is InChI=1S/C15H21N3O2/c1-20-14-12(3-2-6-17-14)10-18-11-15(9-13(18)19)4-7-16-8-5-15/h2-3,6,16H,4-5,7-11H2,1H3. The third-order valence-electron chi connectivity index (χ3n) is 4.47. The Labute approximate surface area is 119 Å². The molecule has 1 amide bonds. The van der Waals surface area contributed by atoms with Crippen molar-refractivity contribution in [2.24, 2.45) is 5.41 Å². The molecule has 2 aliphatic heterocycles. The molecule has 1 spiro atoms. The summed E-state index contributed by atoms with van der Waals surface area (Å²) in [7, 11) is 1.62. The van der Waals surface area contributed by atoms with Crippen LogP contribution >= 0.6 is 0 Å². The Morgan fingerprint density at radius 3 is 3.00 bits per heavy atom. The zero-order valence-corrected chi connectivity index (χ0v) is 11.9. The Hall–Kier alpha value is -1.62. The number of pyridine rings is 1. The van der Waals surface area contributed by atoms with Crippen LogP contribution in [0.5, 0.6) is 5.88 Å². The highest BCUT2D eigenvalue weighted by atomic mass is 16.5. The van der Waals surface area contributed by atoms with Crippen LogP contribution in [-0.2, 0) is 11.3 Å². The molecular weight excluding hydrogens is 254 g/mol. The SMILES string of the molecule is COc1ncccc1CN1CC2(CCNCC2)CC1=O. The Morgan fingerprint density at radius 1 is 1.45 bits per heavy atom. The average molecular weight is 275 g/mol. The van der Waals surface area contributed by atoms with Crippen LogP contribution in [-0.4, -0.2) is 42.5 Å². The molecule has 20 heavy (non-hydrogen) atoms. The molecule has 0 radical (unpaired) electrons. The minimum atomic E-state index is 0.192. The smallest absolute Gasteiger partial charge is 0.223 e. The number of carbonyl (C=O) groups excluding carboxylic acids is 1. The fourth-order valence-corrected chi connectivity index (χ4v) is 3.35. The molecule has 2 saturated heterocycles. The molecule has 0 aromatic carbocycles. The van der Waals surface area contributed by atoms with E-state index in [2.05, 4.69) is 10.3 Å². The van der Waals surface area contributed by atoms with E-state index in [1.54, 1.807) is 13.3 Å².